The molecule has 0 spiro atoms. The molecule has 2 aromatic carbocycles. The highest BCUT2D eigenvalue weighted by Gasteiger charge is 2.34. The predicted octanol–water partition coefficient (Wildman–Crippen LogP) is 5.80. The summed E-state index contributed by atoms with van der Waals surface area (Å²) in [6.45, 7) is 7.42. The van der Waals surface area contributed by atoms with Crippen molar-refractivity contribution in [3.8, 4) is 0 Å². The van der Waals surface area contributed by atoms with Gasteiger partial charge in [-0.3, -0.25) is 14.4 Å². The van der Waals surface area contributed by atoms with Crippen molar-refractivity contribution >= 4 is 46.7 Å². The van der Waals surface area contributed by atoms with Crippen LogP contribution in [0.5, 0.6) is 0 Å². The SMILES string of the molecule is Cc1c(C=C2C(=O)Nc3ccc(C(=O)NC(C)c4ccc(F)cc4)cc32)[nH]c(Cl)c1C(=O)N1CCCC1CN1CCCC1. The maximum absolute atomic E-state index is 13.8. The van der Waals surface area contributed by atoms with Crippen molar-refractivity contribution in [1.29, 1.82) is 0 Å². The molecule has 0 aliphatic carbocycles. The first-order chi connectivity index (χ1) is 20.7. The van der Waals surface area contributed by atoms with Gasteiger partial charge >= 0.3 is 0 Å². The number of likely N-dealkylation sites (tertiary alicyclic amines) is 2. The van der Waals surface area contributed by atoms with E-state index in [4.69, 9.17) is 11.6 Å². The van der Waals surface area contributed by atoms with E-state index in [1.54, 1.807) is 36.4 Å². The minimum absolute atomic E-state index is 0.0874. The first-order valence-electron chi connectivity index (χ1n) is 14.8. The van der Waals surface area contributed by atoms with E-state index in [1.807, 2.05) is 18.7 Å². The number of fused-ring (bicyclic) bond motifs is 1. The van der Waals surface area contributed by atoms with Crippen LogP contribution in [0.1, 0.15) is 81.7 Å². The summed E-state index contributed by atoms with van der Waals surface area (Å²) in [6.07, 6.45) is 6.06. The van der Waals surface area contributed by atoms with Gasteiger partial charge in [0.05, 0.1) is 17.2 Å². The van der Waals surface area contributed by atoms with Crippen LogP contribution in [0.15, 0.2) is 42.5 Å². The Morgan fingerprint density at radius 2 is 1.86 bits per heavy atom. The van der Waals surface area contributed by atoms with Gasteiger partial charge in [0.25, 0.3) is 17.7 Å². The number of rotatable bonds is 7. The van der Waals surface area contributed by atoms with E-state index in [1.165, 1.54) is 25.0 Å². The smallest absolute Gasteiger partial charge is 0.257 e. The van der Waals surface area contributed by atoms with Gasteiger partial charge in [0.1, 0.15) is 11.0 Å². The van der Waals surface area contributed by atoms with Crippen LogP contribution < -0.4 is 10.6 Å². The maximum atomic E-state index is 13.8. The summed E-state index contributed by atoms with van der Waals surface area (Å²) in [7, 11) is 0. The zero-order valence-electron chi connectivity index (χ0n) is 24.3. The van der Waals surface area contributed by atoms with Gasteiger partial charge in [-0.15, -0.1) is 0 Å². The number of carbonyl (C=O) groups excluding carboxylic acids is 3. The normalized spacial score (nSPS) is 20.0. The third-order valence-electron chi connectivity index (χ3n) is 8.83. The standard InChI is InChI=1S/C33H35ClFN5O3/c1-19-28(37-30(34)29(19)33(43)40-15-5-6-24(40)18-39-13-3-4-14-39)17-26-25-16-22(9-12-27(25)38-32(26)42)31(41)36-20(2)21-7-10-23(35)11-8-21/h7-12,16-17,20,24,37H,3-6,13-15,18H2,1-2H3,(H,36,41)(H,38,42). The van der Waals surface area contributed by atoms with Crippen LogP contribution in [0.4, 0.5) is 10.1 Å². The van der Waals surface area contributed by atoms with Crippen LogP contribution >= 0.6 is 11.6 Å². The average molecular weight is 604 g/mol. The zero-order chi connectivity index (χ0) is 30.2. The van der Waals surface area contributed by atoms with E-state index < -0.39 is 0 Å². The van der Waals surface area contributed by atoms with Crippen LogP contribution in [0, 0.1) is 12.7 Å². The number of aromatic nitrogens is 1. The Kier molecular flexibility index (Phi) is 8.11. The molecule has 3 amide bonds. The van der Waals surface area contributed by atoms with Crippen LogP contribution in [-0.2, 0) is 4.79 Å². The van der Waals surface area contributed by atoms with Crippen molar-refractivity contribution in [3.63, 3.8) is 0 Å². The fourth-order valence-electron chi connectivity index (χ4n) is 6.40. The van der Waals surface area contributed by atoms with Crippen molar-refractivity contribution in [3.05, 3.63) is 86.9 Å². The molecule has 1 aromatic heterocycles. The topological polar surface area (TPSA) is 97.5 Å². The van der Waals surface area contributed by atoms with Crippen molar-refractivity contribution in [1.82, 2.24) is 20.1 Å². The first kappa shape index (κ1) is 29.1. The van der Waals surface area contributed by atoms with Gasteiger partial charge < -0.3 is 25.4 Å². The number of amides is 3. The van der Waals surface area contributed by atoms with Gasteiger partial charge in [0.15, 0.2) is 0 Å². The lowest BCUT2D eigenvalue weighted by Gasteiger charge is -2.28. The summed E-state index contributed by atoms with van der Waals surface area (Å²) in [6, 6.07) is 10.8. The van der Waals surface area contributed by atoms with Crippen LogP contribution in [0.25, 0.3) is 11.6 Å². The minimum atomic E-state index is -0.346. The largest absolute Gasteiger partial charge is 0.346 e. The van der Waals surface area contributed by atoms with Crippen molar-refractivity contribution < 1.29 is 18.8 Å². The third-order valence-corrected chi connectivity index (χ3v) is 9.12. The van der Waals surface area contributed by atoms with Crippen molar-refractivity contribution in [2.75, 3.05) is 31.5 Å². The number of halogens is 2. The number of hydrogen-bond acceptors (Lipinski definition) is 4. The van der Waals surface area contributed by atoms with E-state index in [9.17, 15) is 18.8 Å². The number of carbonyl (C=O) groups is 3. The molecule has 0 saturated carbocycles. The van der Waals surface area contributed by atoms with Gasteiger partial charge in [0.2, 0.25) is 0 Å². The molecule has 3 aliphatic heterocycles. The second-order valence-electron chi connectivity index (χ2n) is 11.7. The van der Waals surface area contributed by atoms with Crippen LogP contribution in [0.3, 0.4) is 0 Å². The molecule has 43 heavy (non-hydrogen) atoms. The van der Waals surface area contributed by atoms with Crippen LogP contribution in [-0.4, -0.2) is 64.7 Å². The summed E-state index contributed by atoms with van der Waals surface area (Å²) in [5.41, 5.74) is 4.37. The fraction of sp³-hybridized carbons (Fsp3) is 0.364. The quantitative estimate of drug-likeness (QED) is 0.297. The Hall–Kier alpha value is -3.95. The molecule has 224 valence electrons. The summed E-state index contributed by atoms with van der Waals surface area (Å²) < 4.78 is 13.3. The fourth-order valence-corrected chi connectivity index (χ4v) is 6.73. The van der Waals surface area contributed by atoms with Gasteiger partial charge in [-0.1, -0.05) is 23.7 Å². The minimum Gasteiger partial charge on any atom is -0.346 e. The maximum Gasteiger partial charge on any atom is 0.257 e. The third kappa shape index (κ3) is 5.84. The molecular weight excluding hydrogens is 569 g/mol. The Balaban J connectivity index is 1.23. The Bertz CT molecular complexity index is 1610. The van der Waals surface area contributed by atoms with Gasteiger partial charge in [-0.25, -0.2) is 4.39 Å². The highest BCUT2D eigenvalue weighted by Crippen LogP contribution is 2.36. The molecule has 3 N–H and O–H groups in total. The highest BCUT2D eigenvalue weighted by molar-refractivity contribution is 6.36. The Morgan fingerprint density at radius 3 is 2.60 bits per heavy atom. The first-order valence-corrected chi connectivity index (χ1v) is 15.2. The van der Waals surface area contributed by atoms with E-state index in [-0.39, 0.29) is 40.8 Å². The van der Waals surface area contributed by atoms with E-state index in [2.05, 4.69) is 20.5 Å². The lowest BCUT2D eigenvalue weighted by molar-refractivity contribution is -0.110. The summed E-state index contributed by atoms with van der Waals surface area (Å²) >= 11 is 6.62. The molecule has 2 unspecified atom stereocenters. The lowest BCUT2D eigenvalue weighted by atomic mass is 10.0. The second-order valence-corrected chi connectivity index (χ2v) is 12.1. The number of H-pyrrole nitrogens is 1. The molecule has 2 fully saturated rings. The molecule has 4 heterocycles. The number of anilines is 1. The monoisotopic (exact) mass is 603 g/mol. The van der Waals surface area contributed by atoms with Crippen LogP contribution in [0.2, 0.25) is 5.15 Å². The van der Waals surface area contributed by atoms with E-state index in [0.29, 0.717) is 45.8 Å². The molecule has 3 aromatic rings. The number of benzene rings is 2. The predicted molar refractivity (Wildman–Crippen MR) is 165 cm³/mol. The molecule has 6 rings (SSSR count). The number of aromatic amines is 1. The molecule has 3 aliphatic rings. The Labute approximate surface area is 255 Å². The van der Waals surface area contributed by atoms with E-state index in [0.717, 1.165) is 38.0 Å². The molecular formula is C33H35ClFN5O3. The number of nitrogens with zero attached hydrogens (tertiary/aromatic N) is 2. The lowest BCUT2D eigenvalue weighted by Crippen LogP contribution is -2.42. The number of nitrogens with one attached hydrogen (secondary N) is 3. The van der Waals surface area contributed by atoms with Gasteiger partial charge in [-0.2, -0.15) is 0 Å². The van der Waals surface area contributed by atoms with Gasteiger partial charge in [0, 0.05) is 41.6 Å². The molecule has 2 saturated heterocycles. The zero-order valence-corrected chi connectivity index (χ0v) is 25.1. The van der Waals surface area contributed by atoms with E-state index >= 15 is 0 Å². The summed E-state index contributed by atoms with van der Waals surface area (Å²) in [5.74, 6) is -1.06. The molecule has 8 nitrogen and oxygen atoms in total. The van der Waals surface area contributed by atoms with Gasteiger partial charge in [-0.05, 0) is 100 Å². The molecule has 10 heteroatoms. The summed E-state index contributed by atoms with van der Waals surface area (Å²) in [5, 5.41) is 6.03. The van der Waals surface area contributed by atoms with Crippen molar-refractivity contribution in [2.24, 2.45) is 0 Å². The summed E-state index contributed by atoms with van der Waals surface area (Å²) in [4.78, 5) is 47.4. The average Bonchev–Trinajstić information content (AvgIpc) is 3.78. The Morgan fingerprint density at radius 1 is 1.12 bits per heavy atom. The second kappa shape index (κ2) is 12.0. The molecule has 0 radical (unpaired) electrons. The highest BCUT2D eigenvalue weighted by atomic mass is 35.5. The van der Waals surface area contributed by atoms with Crippen molar-refractivity contribution in [2.45, 2.75) is 51.6 Å². The molecule has 2 atom stereocenters. The number of hydrogen-bond donors (Lipinski definition) is 3. The molecule has 0 bridgehead atoms.